The van der Waals surface area contributed by atoms with Gasteiger partial charge < -0.3 is 0 Å². The predicted octanol–water partition coefficient (Wildman–Crippen LogP) is 1.93. The molecule has 0 bridgehead atoms. The molecule has 1 rings (SSSR count). The van der Waals surface area contributed by atoms with Crippen LogP contribution in [-0.2, 0) is 17.5 Å². The number of hydrogen-bond donors (Lipinski definition) is 1. The Kier molecular flexibility index (Phi) is 3.54. The van der Waals surface area contributed by atoms with Crippen molar-refractivity contribution in [2.75, 3.05) is 0 Å². The molecule has 1 amide bonds. The lowest BCUT2D eigenvalue weighted by Gasteiger charge is -2.14. The topological polar surface area (TPSA) is 46.3 Å². The Balaban J connectivity index is 2.76. The van der Waals surface area contributed by atoms with Crippen molar-refractivity contribution < 1.29 is 18.0 Å². The van der Waals surface area contributed by atoms with E-state index in [9.17, 15) is 18.0 Å². The molecule has 0 aliphatic rings. The van der Waals surface area contributed by atoms with Crippen LogP contribution in [0.25, 0.3) is 0 Å². The standard InChI is InChI=1S/C10H11F3N2O/c1-7(16)15(14)6-8-2-4-9(5-3-8)10(11,12)13/h2-5H,6,14H2,1H3. The molecule has 0 heterocycles. The number of hydrazine groups is 1. The number of nitrogens with zero attached hydrogens (tertiary/aromatic N) is 1. The van der Waals surface area contributed by atoms with Crippen molar-refractivity contribution in [3.8, 4) is 0 Å². The summed E-state index contributed by atoms with van der Waals surface area (Å²) in [7, 11) is 0. The molecule has 0 atom stereocenters. The molecule has 88 valence electrons. The first-order chi connectivity index (χ1) is 7.30. The smallest absolute Gasteiger partial charge is 0.276 e. The molecule has 0 unspecified atom stereocenters. The van der Waals surface area contributed by atoms with Gasteiger partial charge in [-0.05, 0) is 17.7 Å². The number of halogens is 3. The number of rotatable bonds is 2. The monoisotopic (exact) mass is 232 g/mol. The maximum atomic E-state index is 12.2. The van der Waals surface area contributed by atoms with Gasteiger partial charge in [0.1, 0.15) is 0 Å². The van der Waals surface area contributed by atoms with Crippen LogP contribution in [0.4, 0.5) is 13.2 Å². The van der Waals surface area contributed by atoms with Crippen LogP contribution in [0.1, 0.15) is 18.1 Å². The van der Waals surface area contributed by atoms with Crippen LogP contribution in [0.2, 0.25) is 0 Å². The predicted molar refractivity (Wildman–Crippen MR) is 51.9 cm³/mol. The summed E-state index contributed by atoms with van der Waals surface area (Å²) in [5.41, 5.74) is -0.173. The van der Waals surface area contributed by atoms with Crippen molar-refractivity contribution >= 4 is 5.91 Å². The minimum atomic E-state index is -4.35. The Morgan fingerprint density at radius 2 is 1.81 bits per heavy atom. The van der Waals surface area contributed by atoms with Gasteiger partial charge in [0.15, 0.2) is 0 Å². The van der Waals surface area contributed by atoms with Crippen molar-refractivity contribution in [3.05, 3.63) is 35.4 Å². The van der Waals surface area contributed by atoms with Gasteiger partial charge in [0.25, 0.3) is 0 Å². The van der Waals surface area contributed by atoms with E-state index in [1.54, 1.807) is 0 Å². The third-order valence-electron chi connectivity index (χ3n) is 2.04. The zero-order chi connectivity index (χ0) is 12.3. The molecule has 2 N–H and O–H groups in total. The molecule has 16 heavy (non-hydrogen) atoms. The SMILES string of the molecule is CC(=O)N(N)Cc1ccc(C(F)(F)F)cc1. The highest BCUT2D eigenvalue weighted by atomic mass is 19.4. The van der Waals surface area contributed by atoms with Gasteiger partial charge in [-0.3, -0.25) is 9.80 Å². The van der Waals surface area contributed by atoms with Crippen LogP contribution in [0.5, 0.6) is 0 Å². The number of nitrogens with two attached hydrogens (primary N) is 1. The quantitative estimate of drug-likeness (QED) is 0.481. The number of hydrogen-bond acceptors (Lipinski definition) is 2. The van der Waals surface area contributed by atoms with E-state index in [4.69, 9.17) is 5.84 Å². The van der Waals surface area contributed by atoms with Gasteiger partial charge in [0.2, 0.25) is 5.91 Å². The van der Waals surface area contributed by atoms with Gasteiger partial charge in [-0.15, -0.1) is 0 Å². The molecular weight excluding hydrogens is 221 g/mol. The van der Waals surface area contributed by atoms with Crippen LogP contribution in [0, 0.1) is 0 Å². The zero-order valence-corrected chi connectivity index (χ0v) is 8.58. The van der Waals surface area contributed by atoms with Crippen molar-refractivity contribution in [1.29, 1.82) is 0 Å². The van der Waals surface area contributed by atoms with E-state index in [0.717, 1.165) is 17.1 Å². The fourth-order valence-corrected chi connectivity index (χ4v) is 1.11. The first-order valence-electron chi connectivity index (χ1n) is 4.49. The van der Waals surface area contributed by atoms with Crippen molar-refractivity contribution in [3.63, 3.8) is 0 Å². The summed E-state index contributed by atoms with van der Waals surface area (Å²) < 4.78 is 36.7. The van der Waals surface area contributed by atoms with E-state index in [0.29, 0.717) is 5.56 Å². The summed E-state index contributed by atoms with van der Waals surface area (Å²) in [4.78, 5) is 10.8. The third-order valence-corrected chi connectivity index (χ3v) is 2.04. The highest BCUT2D eigenvalue weighted by Crippen LogP contribution is 2.29. The summed E-state index contributed by atoms with van der Waals surface area (Å²) in [5, 5.41) is 0.933. The minimum Gasteiger partial charge on any atom is -0.276 e. The molecule has 1 aromatic rings. The Hall–Kier alpha value is -1.56. The second-order valence-electron chi connectivity index (χ2n) is 3.34. The zero-order valence-electron chi connectivity index (χ0n) is 8.58. The van der Waals surface area contributed by atoms with Crippen LogP contribution in [0.15, 0.2) is 24.3 Å². The molecular formula is C10H11F3N2O. The summed E-state index contributed by atoms with van der Waals surface area (Å²) in [6.07, 6.45) is -4.35. The fraction of sp³-hybridized carbons (Fsp3) is 0.300. The van der Waals surface area contributed by atoms with Crippen molar-refractivity contribution in [1.82, 2.24) is 5.01 Å². The fourth-order valence-electron chi connectivity index (χ4n) is 1.11. The summed E-state index contributed by atoms with van der Waals surface area (Å²) in [6, 6.07) is 4.52. The van der Waals surface area contributed by atoms with Crippen LogP contribution in [0.3, 0.4) is 0 Å². The molecule has 0 fully saturated rings. The highest BCUT2D eigenvalue weighted by Gasteiger charge is 2.29. The van der Waals surface area contributed by atoms with E-state index in [1.807, 2.05) is 0 Å². The van der Waals surface area contributed by atoms with Crippen molar-refractivity contribution in [2.24, 2.45) is 5.84 Å². The molecule has 1 aromatic carbocycles. The van der Waals surface area contributed by atoms with E-state index in [-0.39, 0.29) is 12.5 Å². The van der Waals surface area contributed by atoms with Gasteiger partial charge in [-0.25, -0.2) is 5.84 Å². The van der Waals surface area contributed by atoms with Crippen molar-refractivity contribution in [2.45, 2.75) is 19.6 Å². The lowest BCUT2D eigenvalue weighted by molar-refractivity contribution is -0.137. The molecule has 3 nitrogen and oxygen atoms in total. The average molecular weight is 232 g/mol. The molecule has 0 saturated carbocycles. The summed E-state index contributed by atoms with van der Waals surface area (Å²) >= 11 is 0. The second kappa shape index (κ2) is 4.52. The van der Waals surface area contributed by atoms with Crippen LogP contribution in [-0.4, -0.2) is 10.9 Å². The number of amides is 1. The molecule has 0 radical (unpaired) electrons. The van der Waals surface area contributed by atoms with Crippen LogP contribution >= 0.6 is 0 Å². The third kappa shape index (κ3) is 3.23. The lowest BCUT2D eigenvalue weighted by atomic mass is 10.1. The van der Waals surface area contributed by atoms with E-state index < -0.39 is 11.7 Å². The Bertz CT molecular complexity index is 373. The first kappa shape index (κ1) is 12.5. The largest absolute Gasteiger partial charge is 0.416 e. The van der Waals surface area contributed by atoms with E-state index in [2.05, 4.69) is 0 Å². The maximum Gasteiger partial charge on any atom is 0.416 e. The number of alkyl halides is 3. The Morgan fingerprint density at radius 3 is 2.19 bits per heavy atom. The Morgan fingerprint density at radius 1 is 1.31 bits per heavy atom. The highest BCUT2D eigenvalue weighted by molar-refractivity contribution is 5.72. The molecule has 0 spiro atoms. The van der Waals surface area contributed by atoms with E-state index >= 15 is 0 Å². The lowest BCUT2D eigenvalue weighted by Crippen LogP contribution is -2.34. The first-order valence-corrected chi connectivity index (χ1v) is 4.49. The van der Waals surface area contributed by atoms with Crippen LogP contribution < -0.4 is 5.84 Å². The molecule has 0 aliphatic carbocycles. The van der Waals surface area contributed by atoms with Gasteiger partial charge in [-0.1, -0.05) is 12.1 Å². The van der Waals surface area contributed by atoms with Gasteiger partial charge in [0, 0.05) is 6.92 Å². The summed E-state index contributed by atoms with van der Waals surface area (Å²) in [5.74, 6) is 4.99. The molecule has 0 aromatic heterocycles. The molecule has 0 aliphatic heterocycles. The van der Waals surface area contributed by atoms with Gasteiger partial charge in [-0.2, -0.15) is 13.2 Å². The number of carbonyl (C=O) groups is 1. The van der Waals surface area contributed by atoms with Gasteiger partial charge in [0.05, 0.1) is 12.1 Å². The average Bonchev–Trinajstić information content (AvgIpc) is 2.17. The number of benzene rings is 1. The summed E-state index contributed by atoms with van der Waals surface area (Å²) in [6.45, 7) is 1.37. The molecule has 0 saturated heterocycles. The minimum absolute atomic E-state index is 0.0907. The van der Waals surface area contributed by atoms with Gasteiger partial charge >= 0.3 is 6.18 Å². The Labute approximate surface area is 90.6 Å². The maximum absolute atomic E-state index is 12.2. The number of carbonyl (C=O) groups excluding carboxylic acids is 1. The molecule has 6 heteroatoms. The second-order valence-corrected chi connectivity index (χ2v) is 3.34. The normalized spacial score (nSPS) is 11.3. The van der Waals surface area contributed by atoms with E-state index in [1.165, 1.54) is 19.1 Å².